The molecular formula is C29H33FN4O2. The number of ether oxygens (including phenoxy) is 1. The van der Waals surface area contributed by atoms with Gasteiger partial charge in [0, 0.05) is 73.2 Å². The molecular weight excluding hydrogens is 455 g/mol. The van der Waals surface area contributed by atoms with Crippen LogP contribution in [0.3, 0.4) is 0 Å². The van der Waals surface area contributed by atoms with E-state index in [0.29, 0.717) is 18.4 Å². The smallest absolute Gasteiger partial charge is 0.305 e. The van der Waals surface area contributed by atoms with Crippen molar-refractivity contribution in [1.29, 1.82) is 0 Å². The molecule has 0 atom stereocenters. The van der Waals surface area contributed by atoms with Gasteiger partial charge in [-0.1, -0.05) is 6.08 Å². The third kappa shape index (κ3) is 4.09. The van der Waals surface area contributed by atoms with Crippen LogP contribution in [0, 0.1) is 11.7 Å². The highest BCUT2D eigenvalue weighted by atomic mass is 19.1. The molecule has 1 aliphatic carbocycles. The number of aromatic amines is 1. The summed E-state index contributed by atoms with van der Waals surface area (Å²) in [7, 11) is 3.55. The van der Waals surface area contributed by atoms with E-state index in [4.69, 9.17) is 4.74 Å². The summed E-state index contributed by atoms with van der Waals surface area (Å²) in [5.74, 6) is 0.156. The number of rotatable bonds is 4. The van der Waals surface area contributed by atoms with Gasteiger partial charge in [-0.15, -0.1) is 0 Å². The highest BCUT2D eigenvalue weighted by molar-refractivity contribution is 6.02. The SMILES string of the molecule is COC(=O)CC1CCC(N2CC=C(c3[nH]c4nccc5c4c3CN(C)c3ccc(F)cc3-5)CC2)CC1. The van der Waals surface area contributed by atoms with Crippen LogP contribution in [0.15, 0.2) is 36.5 Å². The lowest BCUT2D eigenvalue weighted by Crippen LogP contribution is -2.40. The largest absolute Gasteiger partial charge is 0.469 e. The van der Waals surface area contributed by atoms with Crippen LogP contribution >= 0.6 is 0 Å². The fraction of sp³-hybridized carbons (Fsp3) is 0.448. The Labute approximate surface area is 211 Å². The van der Waals surface area contributed by atoms with E-state index in [1.807, 2.05) is 18.3 Å². The highest BCUT2D eigenvalue weighted by Crippen LogP contribution is 2.43. The Balaban J connectivity index is 1.24. The summed E-state index contributed by atoms with van der Waals surface area (Å²) < 4.78 is 19.1. The van der Waals surface area contributed by atoms with E-state index >= 15 is 0 Å². The van der Waals surface area contributed by atoms with Gasteiger partial charge in [-0.05, 0) is 73.4 Å². The number of methoxy groups -OCH3 is 1. The van der Waals surface area contributed by atoms with Crippen LogP contribution in [0.2, 0.25) is 0 Å². The van der Waals surface area contributed by atoms with Crippen LogP contribution in [-0.2, 0) is 16.1 Å². The van der Waals surface area contributed by atoms with Crippen LogP contribution in [0.1, 0.15) is 49.8 Å². The monoisotopic (exact) mass is 488 g/mol. The van der Waals surface area contributed by atoms with Gasteiger partial charge < -0.3 is 14.6 Å². The van der Waals surface area contributed by atoms with Gasteiger partial charge in [0.25, 0.3) is 0 Å². The molecule has 1 saturated carbocycles. The van der Waals surface area contributed by atoms with E-state index in [9.17, 15) is 9.18 Å². The van der Waals surface area contributed by atoms with Crippen LogP contribution in [0.4, 0.5) is 10.1 Å². The molecule has 1 N–H and O–H groups in total. The number of hydrogen-bond donors (Lipinski definition) is 1. The topological polar surface area (TPSA) is 61.5 Å². The summed E-state index contributed by atoms with van der Waals surface area (Å²) in [5.41, 5.74) is 7.63. The summed E-state index contributed by atoms with van der Waals surface area (Å²) in [6.45, 7) is 2.73. The number of nitrogens with zero attached hydrogens (tertiary/aromatic N) is 3. The van der Waals surface area contributed by atoms with Crippen molar-refractivity contribution in [2.45, 2.75) is 51.1 Å². The van der Waals surface area contributed by atoms with Crippen molar-refractivity contribution in [3.8, 4) is 11.1 Å². The Hall–Kier alpha value is -3.19. The van der Waals surface area contributed by atoms with Crippen LogP contribution in [-0.4, -0.2) is 54.1 Å². The maximum Gasteiger partial charge on any atom is 0.305 e. The van der Waals surface area contributed by atoms with Crippen molar-refractivity contribution in [2.75, 3.05) is 32.1 Å². The molecule has 0 bridgehead atoms. The van der Waals surface area contributed by atoms with Crippen molar-refractivity contribution in [3.63, 3.8) is 0 Å². The molecule has 36 heavy (non-hydrogen) atoms. The van der Waals surface area contributed by atoms with Gasteiger partial charge >= 0.3 is 5.97 Å². The number of carbonyl (C=O) groups excluding carboxylic acids is 1. The molecule has 0 amide bonds. The summed E-state index contributed by atoms with van der Waals surface area (Å²) in [5, 5.41) is 1.11. The second-order valence-electron chi connectivity index (χ2n) is 10.5. The van der Waals surface area contributed by atoms with Crippen molar-refractivity contribution in [3.05, 3.63) is 53.6 Å². The Morgan fingerprint density at radius 3 is 2.78 bits per heavy atom. The molecule has 1 aromatic carbocycles. The number of fused-ring (bicyclic) bond motifs is 2. The van der Waals surface area contributed by atoms with E-state index in [-0.39, 0.29) is 11.8 Å². The predicted molar refractivity (Wildman–Crippen MR) is 140 cm³/mol. The van der Waals surface area contributed by atoms with Crippen LogP contribution < -0.4 is 4.90 Å². The summed E-state index contributed by atoms with van der Waals surface area (Å²) in [6, 6.07) is 7.65. The molecule has 2 aliphatic heterocycles. The first-order chi connectivity index (χ1) is 17.5. The minimum Gasteiger partial charge on any atom is -0.469 e. The number of nitrogens with one attached hydrogen (secondary N) is 1. The van der Waals surface area contributed by atoms with Gasteiger partial charge in [0.1, 0.15) is 11.5 Å². The van der Waals surface area contributed by atoms with Gasteiger partial charge in [-0.25, -0.2) is 9.37 Å². The molecule has 3 aliphatic rings. The van der Waals surface area contributed by atoms with Crippen molar-refractivity contribution in [2.24, 2.45) is 5.92 Å². The van der Waals surface area contributed by atoms with Gasteiger partial charge in [-0.3, -0.25) is 9.69 Å². The van der Waals surface area contributed by atoms with Crippen molar-refractivity contribution < 1.29 is 13.9 Å². The zero-order valence-electron chi connectivity index (χ0n) is 21.0. The van der Waals surface area contributed by atoms with E-state index < -0.39 is 0 Å². The second kappa shape index (κ2) is 9.36. The zero-order valence-corrected chi connectivity index (χ0v) is 21.0. The zero-order chi connectivity index (χ0) is 24.8. The normalized spacial score (nSPS) is 22.2. The lowest BCUT2D eigenvalue weighted by atomic mass is 9.83. The molecule has 0 spiro atoms. The fourth-order valence-corrected chi connectivity index (χ4v) is 6.49. The molecule has 0 radical (unpaired) electrons. The first-order valence-electron chi connectivity index (χ1n) is 13.0. The van der Waals surface area contributed by atoms with Gasteiger partial charge in [-0.2, -0.15) is 0 Å². The molecule has 6 nitrogen and oxygen atoms in total. The number of hydrogen-bond acceptors (Lipinski definition) is 5. The summed E-state index contributed by atoms with van der Waals surface area (Å²) in [4.78, 5) is 24.7. The Kier molecular flexibility index (Phi) is 6.04. The quantitative estimate of drug-likeness (QED) is 0.490. The molecule has 188 valence electrons. The molecule has 3 aromatic rings. The number of anilines is 1. The lowest BCUT2D eigenvalue weighted by Gasteiger charge is -2.38. The first-order valence-corrected chi connectivity index (χ1v) is 13.0. The average molecular weight is 489 g/mol. The maximum absolute atomic E-state index is 14.2. The Morgan fingerprint density at radius 2 is 2.03 bits per heavy atom. The van der Waals surface area contributed by atoms with Gasteiger partial charge in [0.05, 0.1) is 7.11 Å². The van der Waals surface area contributed by atoms with Crippen molar-refractivity contribution >= 4 is 28.3 Å². The van der Waals surface area contributed by atoms with Gasteiger partial charge in [0.2, 0.25) is 0 Å². The summed E-state index contributed by atoms with van der Waals surface area (Å²) in [6.07, 6.45) is 10.2. The highest BCUT2D eigenvalue weighted by Gasteiger charge is 2.30. The minimum absolute atomic E-state index is 0.0846. The second-order valence-corrected chi connectivity index (χ2v) is 10.5. The molecule has 7 heteroatoms. The molecule has 0 saturated heterocycles. The van der Waals surface area contributed by atoms with Crippen molar-refractivity contribution in [1.82, 2.24) is 14.9 Å². The number of esters is 1. The lowest BCUT2D eigenvalue weighted by molar-refractivity contribution is -0.142. The number of pyridine rings is 1. The van der Waals surface area contributed by atoms with Gasteiger partial charge in [0.15, 0.2) is 0 Å². The Bertz CT molecular complexity index is 1340. The molecule has 4 heterocycles. The molecule has 0 unspecified atom stereocenters. The molecule has 6 rings (SSSR count). The summed E-state index contributed by atoms with van der Waals surface area (Å²) >= 11 is 0. The van der Waals surface area contributed by atoms with Crippen LogP contribution in [0.25, 0.3) is 27.7 Å². The van der Waals surface area contributed by atoms with E-state index in [2.05, 4.69) is 32.9 Å². The third-order valence-corrected chi connectivity index (χ3v) is 8.43. The fourth-order valence-electron chi connectivity index (χ4n) is 6.49. The van der Waals surface area contributed by atoms with E-state index in [0.717, 1.165) is 79.6 Å². The average Bonchev–Trinajstić information content (AvgIpc) is 3.21. The molecule has 2 aromatic heterocycles. The Morgan fingerprint density at radius 1 is 1.19 bits per heavy atom. The minimum atomic E-state index is -0.222. The standard InChI is InChI=1S/C29H33FN4O2/c1-33-17-24-27-22(23-16-20(30)5-8-25(23)33)9-12-31-29(27)32-28(24)19-10-13-34(14-11-19)21-6-3-18(4-7-21)15-26(35)36-2/h5,8-10,12,16,18,21H,3-4,6-7,11,13-15,17H2,1-2H3,(H,31,32). The van der Waals surface area contributed by atoms with E-state index in [1.54, 1.807) is 6.07 Å². The first kappa shape index (κ1) is 23.2. The molecule has 1 fully saturated rings. The maximum atomic E-state index is 14.2. The van der Waals surface area contributed by atoms with Crippen LogP contribution in [0.5, 0.6) is 0 Å². The number of aromatic nitrogens is 2. The number of H-pyrrole nitrogens is 1. The number of halogens is 1. The van der Waals surface area contributed by atoms with E-state index in [1.165, 1.54) is 30.0 Å². The third-order valence-electron chi connectivity index (χ3n) is 8.43. The number of benzene rings is 1. The predicted octanol–water partition coefficient (Wildman–Crippen LogP) is 5.53. The number of carbonyl (C=O) groups is 1.